The van der Waals surface area contributed by atoms with Gasteiger partial charge in [0.05, 0.1) is 16.3 Å². The Hall–Kier alpha value is -2.38. The zero-order chi connectivity index (χ0) is 20.4. The first-order chi connectivity index (χ1) is 13.3. The van der Waals surface area contributed by atoms with Gasteiger partial charge in [-0.25, -0.2) is 13.8 Å². The number of hydrogen-bond donors (Lipinski definition) is 0. The second kappa shape index (κ2) is 8.32. The van der Waals surface area contributed by atoms with E-state index in [1.165, 1.54) is 11.3 Å². The van der Waals surface area contributed by atoms with Gasteiger partial charge >= 0.3 is 0 Å². The summed E-state index contributed by atoms with van der Waals surface area (Å²) >= 11 is 1.48. The molecule has 3 nitrogen and oxygen atoms in total. The fourth-order valence-corrected chi connectivity index (χ4v) is 4.88. The third-order valence-corrected chi connectivity index (χ3v) is 7.33. The first-order valence-electron chi connectivity index (χ1n) is 8.50. The number of benzene rings is 2. The summed E-state index contributed by atoms with van der Waals surface area (Å²) in [6.45, 7) is 1.92. The molecule has 7 heteroatoms. The van der Waals surface area contributed by atoms with Crippen LogP contribution in [0.15, 0.2) is 46.7 Å². The lowest BCUT2D eigenvalue weighted by Crippen LogP contribution is -2.27. The fraction of sp³-hybridized carbons (Fsp3) is 0.190. The van der Waals surface area contributed by atoms with Crippen LogP contribution in [-0.4, -0.2) is 30.1 Å². The molecular weight excluding hydrogens is 398 g/mol. The lowest BCUT2D eigenvalue weighted by molar-refractivity contribution is -0.117. The molecule has 0 bridgehead atoms. The molecule has 0 fully saturated rings. The minimum atomic E-state index is -0.493. The van der Waals surface area contributed by atoms with Crippen LogP contribution in [0.5, 0.6) is 0 Å². The van der Waals surface area contributed by atoms with Crippen LogP contribution in [0.2, 0.25) is 0 Å². The summed E-state index contributed by atoms with van der Waals surface area (Å²) in [5.74, 6) is 2.97. The molecule has 28 heavy (non-hydrogen) atoms. The summed E-state index contributed by atoms with van der Waals surface area (Å²) in [5.41, 5.74) is 2.45. The van der Waals surface area contributed by atoms with E-state index in [1.54, 1.807) is 36.2 Å². The maximum absolute atomic E-state index is 13.9. The van der Waals surface area contributed by atoms with E-state index in [0.717, 1.165) is 33.7 Å². The Kier molecular flexibility index (Phi) is 6.05. The van der Waals surface area contributed by atoms with Crippen molar-refractivity contribution in [3.05, 3.63) is 65.4 Å². The number of anilines is 1. The van der Waals surface area contributed by atoms with E-state index in [2.05, 4.69) is 10.9 Å². The van der Waals surface area contributed by atoms with Crippen LogP contribution >= 0.6 is 21.8 Å². The predicted molar refractivity (Wildman–Crippen MR) is 115 cm³/mol. The molecule has 0 aliphatic rings. The second-order valence-corrected chi connectivity index (χ2v) is 9.38. The van der Waals surface area contributed by atoms with Crippen LogP contribution in [0.25, 0.3) is 11.1 Å². The number of aromatic nitrogens is 1. The van der Waals surface area contributed by atoms with E-state index >= 15 is 0 Å². The lowest BCUT2D eigenvalue weighted by Gasteiger charge is -2.14. The van der Waals surface area contributed by atoms with Crippen LogP contribution < -0.4 is 4.90 Å². The first-order valence-corrected chi connectivity index (χ1v) is 11.1. The highest BCUT2D eigenvalue weighted by Gasteiger charge is 2.17. The molecule has 146 valence electrons. The van der Waals surface area contributed by atoms with Crippen molar-refractivity contribution in [3.63, 3.8) is 0 Å². The fourth-order valence-electron chi connectivity index (χ4n) is 2.76. The first kappa shape index (κ1) is 20.4. The summed E-state index contributed by atoms with van der Waals surface area (Å²) in [5, 5.41) is 0.652. The zero-order valence-electron chi connectivity index (χ0n) is 15.8. The van der Waals surface area contributed by atoms with Crippen LogP contribution in [0.1, 0.15) is 11.3 Å². The van der Waals surface area contributed by atoms with Crippen molar-refractivity contribution < 1.29 is 13.6 Å². The Morgan fingerprint density at radius 3 is 2.50 bits per heavy atom. The molecule has 1 atom stereocenters. The number of aryl methyl sites for hydroxylation is 1. The zero-order valence-corrected chi connectivity index (χ0v) is 17.5. The number of nitrogens with zero attached hydrogens (tertiary/aromatic N) is 2. The van der Waals surface area contributed by atoms with Gasteiger partial charge in [0.25, 0.3) is 0 Å². The average Bonchev–Trinajstić information content (AvgIpc) is 3.05. The van der Waals surface area contributed by atoms with Crippen molar-refractivity contribution in [2.24, 2.45) is 0 Å². The molecule has 0 spiro atoms. The monoisotopic (exact) mass is 418 g/mol. The molecule has 0 aliphatic carbocycles. The number of halogens is 2. The number of carbonyl (C=O) groups is 1. The van der Waals surface area contributed by atoms with Gasteiger partial charge in [-0.1, -0.05) is 41.5 Å². The van der Waals surface area contributed by atoms with E-state index in [9.17, 15) is 13.6 Å². The number of hydrogen-bond acceptors (Lipinski definition) is 3. The molecule has 0 N–H and O–H groups in total. The van der Waals surface area contributed by atoms with Gasteiger partial charge in [0.2, 0.25) is 5.91 Å². The van der Waals surface area contributed by atoms with Gasteiger partial charge < -0.3 is 0 Å². The van der Waals surface area contributed by atoms with Gasteiger partial charge in [-0.05, 0) is 42.5 Å². The summed E-state index contributed by atoms with van der Waals surface area (Å²) < 4.78 is 28.4. The van der Waals surface area contributed by atoms with Gasteiger partial charge in [-0.3, -0.25) is 9.69 Å². The molecule has 1 aromatic heterocycles. The lowest BCUT2D eigenvalue weighted by atomic mass is 10.0. The smallest absolute Gasteiger partial charge is 0.232 e. The minimum absolute atomic E-state index is 0.0926. The highest BCUT2D eigenvalue weighted by atomic mass is 32.2. The summed E-state index contributed by atoms with van der Waals surface area (Å²) in [4.78, 5) is 18.7. The highest BCUT2D eigenvalue weighted by molar-refractivity contribution is 8.15. The standard InChI is InChI=1S/C21H20F2N2OS2/c1-13-20(28(3)4)27-21(24-13)25(2)19(26)11-14-5-7-15(8-6-14)17-12-16(22)9-10-18(17)23/h5-10,12H,3,11H2,1-2,4H3. The summed E-state index contributed by atoms with van der Waals surface area (Å²) in [7, 11) is 1.55. The molecule has 3 rings (SSSR count). The Morgan fingerprint density at radius 2 is 1.89 bits per heavy atom. The number of thiazole rings is 1. The van der Waals surface area contributed by atoms with Crippen LogP contribution in [0.3, 0.4) is 0 Å². The highest BCUT2D eigenvalue weighted by Crippen LogP contribution is 2.35. The van der Waals surface area contributed by atoms with Crippen molar-refractivity contribution in [3.8, 4) is 11.1 Å². The van der Waals surface area contributed by atoms with Crippen molar-refractivity contribution in [2.75, 3.05) is 18.2 Å². The summed E-state index contributed by atoms with van der Waals surface area (Å²) in [6.07, 6.45) is 2.22. The maximum Gasteiger partial charge on any atom is 0.232 e. The Labute approximate surface area is 169 Å². The molecule has 0 saturated carbocycles. The molecule has 0 radical (unpaired) electrons. The van der Waals surface area contributed by atoms with Crippen molar-refractivity contribution in [1.82, 2.24) is 4.98 Å². The molecule has 0 aliphatic heterocycles. The van der Waals surface area contributed by atoms with Crippen molar-refractivity contribution in [1.29, 1.82) is 0 Å². The quantitative estimate of drug-likeness (QED) is 0.528. The van der Waals surface area contributed by atoms with Crippen LogP contribution in [0.4, 0.5) is 13.9 Å². The van der Waals surface area contributed by atoms with E-state index in [4.69, 9.17) is 0 Å². The van der Waals surface area contributed by atoms with E-state index < -0.39 is 11.6 Å². The molecule has 1 amide bonds. The average molecular weight is 419 g/mol. The number of amides is 1. The van der Waals surface area contributed by atoms with Crippen molar-refractivity contribution >= 4 is 38.7 Å². The van der Waals surface area contributed by atoms with Crippen LogP contribution in [-0.2, 0) is 11.2 Å². The number of rotatable bonds is 5. The minimum Gasteiger partial charge on any atom is -0.291 e. The summed E-state index contributed by atoms with van der Waals surface area (Å²) in [6, 6.07) is 10.2. The number of carbonyl (C=O) groups excluding carboxylic acids is 1. The van der Waals surface area contributed by atoms with E-state index in [-0.39, 0.29) is 28.4 Å². The molecule has 1 unspecified atom stereocenters. The molecule has 2 aromatic carbocycles. The van der Waals surface area contributed by atoms with Gasteiger partial charge in [-0.15, -0.1) is 0 Å². The Balaban J connectivity index is 1.75. The largest absolute Gasteiger partial charge is 0.291 e. The van der Waals surface area contributed by atoms with Gasteiger partial charge in [0.1, 0.15) is 11.6 Å². The topological polar surface area (TPSA) is 33.2 Å². The molecule has 0 saturated heterocycles. The van der Waals surface area contributed by atoms with E-state index in [1.807, 2.05) is 13.2 Å². The molecule has 1 heterocycles. The molecule has 3 aromatic rings. The third kappa shape index (κ3) is 4.36. The Bertz CT molecular complexity index is 1050. The molecular formula is C21H20F2N2OS2. The Morgan fingerprint density at radius 1 is 1.21 bits per heavy atom. The van der Waals surface area contributed by atoms with E-state index in [0.29, 0.717) is 10.7 Å². The third-order valence-electron chi connectivity index (χ3n) is 4.27. The van der Waals surface area contributed by atoms with Crippen LogP contribution in [0, 0.1) is 18.6 Å². The maximum atomic E-state index is 13.9. The van der Waals surface area contributed by atoms with Gasteiger partial charge in [-0.2, -0.15) is 10.5 Å². The van der Waals surface area contributed by atoms with Crippen molar-refractivity contribution in [2.45, 2.75) is 17.6 Å². The predicted octanol–water partition coefficient (Wildman–Crippen LogP) is 5.29. The SMILES string of the molecule is C=S(C)c1sc(N(C)C(=O)Cc2ccc(-c3cc(F)ccc3F)cc2)nc1C. The normalized spacial score (nSPS) is 12.0. The number of likely N-dealkylation sites (N-methyl/N-ethyl adjacent to an activating group) is 1. The van der Waals surface area contributed by atoms with Gasteiger partial charge in [0.15, 0.2) is 5.13 Å². The van der Waals surface area contributed by atoms with Gasteiger partial charge in [0, 0.05) is 12.6 Å². The second-order valence-electron chi connectivity index (χ2n) is 6.46.